The Morgan fingerprint density at radius 3 is 2.19 bits per heavy atom. The van der Waals surface area contributed by atoms with Crippen molar-refractivity contribution < 1.29 is 22.4 Å². The lowest BCUT2D eigenvalue weighted by Gasteiger charge is -2.43. The van der Waals surface area contributed by atoms with Crippen molar-refractivity contribution in [3.8, 4) is 0 Å². The largest absolute Gasteiger partial charge is 0.342 e. The standard InChI is InChI=1S/C24H26F4N2O/c1-13-11-30(12-14(2)22(13)23-19(26)4-3-5-20(23)27)24(31)18-10-29-9-17(18)16-7-6-15(25)8-21(16)28/h3-8,13-14,17-18,22,29H,9-12H2,1-2H3/t13-,14+,17-,18+,22?/m0/s1. The molecule has 166 valence electrons. The number of hydrogen-bond acceptors (Lipinski definition) is 2. The highest BCUT2D eigenvalue weighted by Gasteiger charge is 2.42. The van der Waals surface area contributed by atoms with Crippen LogP contribution in [0.15, 0.2) is 36.4 Å². The summed E-state index contributed by atoms with van der Waals surface area (Å²) in [5, 5.41) is 3.15. The maximum Gasteiger partial charge on any atom is 0.227 e. The van der Waals surface area contributed by atoms with Gasteiger partial charge in [0.15, 0.2) is 0 Å². The molecule has 0 aliphatic carbocycles. The van der Waals surface area contributed by atoms with Gasteiger partial charge in [0.2, 0.25) is 5.91 Å². The molecule has 2 fully saturated rings. The maximum absolute atomic E-state index is 14.4. The highest BCUT2D eigenvalue weighted by Crippen LogP contribution is 2.41. The number of nitrogens with one attached hydrogen (secondary N) is 1. The van der Waals surface area contributed by atoms with E-state index >= 15 is 0 Å². The van der Waals surface area contributed by atoms with Gasteiger partial charge >= 0.3 is 0 Å². The van der Waals surface area contributed by atoms with Gasteiger partial charge in [0.1, 0.15) is 23.3 Å². The van der Waals surface area contributed by atoms with E-state index in [1.807, 2.05) is 13.8 Å². The molecule has 0 saturated carbocycles. The Morgan fingerprint density at radius 1 is 0.935 bits per heavy atom. The molecule has 1 N–H and O–H groups in total. The minimum absolute atomic E-state index is 0.0865. The van der Waals surface area contributed by atoms with Crippen molar-refractivity contribution in [1.82, 2.24) is 10.2 Å². The summed E-state index contributed by atoms with van der Waals surface area (Å²) in [5.41, 5.74) is 0.414. The molecule has 2 aliphatic rings. The quantitative estimate of drug-likeness (QED) is 0.725. The Labute approximate surface area is 179 Å². The van der Waals surface area contributed by atoms with Crippen molar-refractivity contribution >= 4 is 5.91 Å². The first kappa shape index (κ1) is 21.8. The number of amides is 1. The molecule has 1 amide bonds. The molecule has 2 aliphatic heterocycles. The Bertz CT molecular complexity index is 950. The fourth-order valence-electron chi connectivity index (χ4n) is 5.44. The van der Waals surface area contributed by atoms with Gasteiger partial charge in [0, 0.05) is 43.7 Å². The molecule has 2 saturated heterocycles. The Balaban J connectivity index is 1.54. The van der Waals surface area contributed by atoms with Crippen molar-refractivity contribution in [3.05, 3.63) is 70.8 Å². The second kappa shape index (κ2) is 8.61. The van der Waals surface area contributed by atoms with Crippen LogP contribution in [-0.2, 0) is 4.79 Å². The van der Waals surface area contributed by atoms with Gasteiger partial charge in [0.05, 0.1) is 5.92 Å². The third kappa shape index (κ3) is 4.07. The number of likely N-dealkylation sites (tertiary alicyclic amines) is 1. The van der Waals surface area contributed by atoms with Crippen LogP contribution in [0.3, 0.4) is 0 Å². The fraction of sp³-hybridized carbons (Fsp3) is 0.458. The second-order valence-corrected chi connectivity index (χ2v) is 8.90. The molecule has 2 heterocycles. The Kier molecular flexibility index (Phi) is 6.06. The van der Waals surface area contributed by atoms with Crippen LogP contribution in [-0.4, -0.2) is 37.0 Å². The van der Waals surface area contributed by atoms with Crippen LogP contribution >= 0.6 is 0 Å². The molecule has 0 bridgehead atoms. The molecule has 31 heavy (non-hydrogen) atoms. The topological polar surface area (TPSA) is 32.3 Å². The van der Waals surface area contributed by atoms with Crippen molar-refractivity contribution in [2.75, 3.05) is 26.2 Å². The third-order valence-electron chi connectivity index (χ3n) is 6.78. The summed E-state index contributed by atoms with van der Waals surface area (Å²) in [6, 6.07) is 7.33. The summed E-state index contributed by atoms with van der Waals surface area (Å²) in [5.74, 6) is -4.01. The number of nitrogens with zero attached hydrogens (tertiary/aromatic N) is 1. The van der Waals surface area contributed by atoms with Crippen molar-refractivity contribution in [3.63, 3.8) is 0 Å². The summed E-state index contributed by atoms with van der Waals surface area (Å²) >= 11 is 0. The molecule has 5 atom stereocenters. The zero-order chi connectivity index (χ0) is 22.3. The minimum Gasteiger partial charge on any atom is -0.342 e. The van der Waals surface area contributed by atoms with Gasteiger partial charge in [-0.1, -0.05) is 26.0 Å². The molecular weight excluding hydrogens is 408 g/mol. The van der Waals surface area contributed by atoms with Crippen LogP contribution in [0.2, 0.25) is 0 Å². The summed E-state index contributed by atoms with van der Waals surface area (Å²) in [4.78, 5) is 15.1. The number of hydrogen-bond donors (Lipinski definition) is 1. The SMILES string of the molecule is C[C@@H]1CN(C(=O)[C@@H]2CNC[C@H]2c2ccc(F)cc2F)C[C@H](C)C1c1c(F)cccc1F. The van der Waals surface area contributed by atoms with E-state index in [0.717, 1.165) is 6.07 Å². The summed E-state index contributed by atoms with van der Waals surface area (Å²) in [6.07, 6.45) is 0. The van der Waals surface area contributed by atoms with E-state index in [0.29, 0.717) is 31.7 Å². The van der Waals surface area contributed by atoms with Gasteiger partial charge in [-0.3, -0.25) is 4.79 Å². The molecule has 0 spiro atoms. The first-order valence-electron chi connectivity index (χ1n) is 10.7. The maximum atomic E-state index is 14.4. The lowest BCUT2D eigenvalue weighted by molar-refractivity contribution is -0.138. The third-order valence-corrected chi connectivity index (χ3v) is 6.78. The lowest BCUT2D eigenvalue weighted by atomic mass is 9.74. The van der Waals surface area contributed by atoms with Crippen LogP contribution in [0.4, 0.5) is 17.6 Å². The van der Waals surface area contributed by atoms with Gasteiger partial charge in [-0.05, 0) is 41.5 Å². The molecule has 3 nitrogen and oxygen atoms in total. The van der Waals surface area contributed by atoms with E-state index in [1.54, 1.807) is 4.90 Å². The normalized spacial score (nSPS) is 28.7. The lowest BCUT2D eigenvalue weighted by Crippen LogP contribution is -2.49. The smallest absolute Gasteiger partial charge is 0.227 e. The van der Waals surface area contributed by atoms with Crippen LogP contribution in [0.25, 0.3) is 0 Å². The van der Waals surface area contributed by atoms with E-state index in [1.165, 1.54) is 30.3 Å². The molecule has 0 aromatic heterocycles. The molecule has 2 aromatic rings. The minimum atomic E-state index is -0.653. The van der Waals surface area contributed by atoms with Crippen molar-refractivity contribution in [1.29, 1.82) is 0 Å². The van der Waals surface area contributed by atoms with Crippen molar-refractivity contribution in [2.24, 2.45) is 17.8 Å². The number of carbonyl (C=O) groups is 1. The number of rotatable bonds is 3. The average Bonchev–Trinajstić information content (AvgIpc) is 3.18. The summed E-state index contributed by atoms with van der Waals surface area (Å²) < 4.78 is 56.5. The predicted molar refractivity (Wildman–Crippen MR) is 109 cm³/mol. The molecule has 0 radical (unpaired) electrons. The Morgan fingerprint density at radius 2 is 1.58 bits per heavy atom. The molecular formula is C24H26F4N2O. The van der Waals surface area contributed by atoms with Crippen molar-refractivity contribution in [2.45, 2.75) is 25.7 Å². The van der Waals surface area contributed by atoms with Gasteiger partial charge in [-0.15, -0.1) is 0 Å². The molecule has 2 aromatic carbocycles. The Hall–Kier alpha value is -2.41. The number of benzene rings is 2. The molecule has 1 unspecified atom stereocenters. The highest BCUT2D eigenvalue weighted by atomic mass is 19.1. The monoisotopic (exact) mass is 434 g/mol. The van der Waals surface area contributed by atoms with Gasteiger partial charge in [-0.2, -0.15) is 0 Å². The van der Waals surface area contributed by atoms with Crippen LogP contribution in [0.1, 0.15) is 36.8 Å². The van der Waals surface area contributed by atoms with Crippen LogP contribution < -0.4 is 5.32 Å². The van der Waals surface area contributed by atoms with Gasteiger partial charge < -0.3 is 10.2 Å². The first-order chi connectivity index (χ1) is 14.8. The molecule has 7 heteroatoms. The number of carbonyl (C=O) groups excluding carboxylic acids is 1. The average molecular weight is 434 g/mol. The number of halogens is 4. The van der Waals surface area contributed by atoms with Gasteiger partial charge in [-0.25, -0.2) is 17.6 Å². The van der Waals surface area contributed by atoms with Gasteiger partial charge in [0.25, 0.3) is 0 Å². The number of piperidine rings is 1. The first-order valence-corrected chi connectivity index (χ1v) is 10.7. The molecule has 4 rings (SSSR count). The second-order valence-electron chi connectivity index (χ2n) is 8.90. The summed E-state index contributed by atoms with van der Waals surface area (Å²) in [7, 11) is 0. The fourth-order valence-corrected chi connectivity index (χ4v) is 5.44. The van der Waals surface area contributed by atoms with E-state index in [9.17, 15) is 22.4 Å². The zero-order valence-corrected chi connectivity index (χ0v) is 17.5. The predicted octanol–water partition coefficient (Wildman–Crippen LogP) is 4.44. The van der Waals surface area contributed by atoms with Crippen LogP contribution in [0, 0.1) is 41.0 Å². The van der Waals surface area contributed by atoms with E-state index in [4.69, 9.17) is 0 Å². The zero-order valence-electron chi connectivity index (χ0n) is 17.5. The van der Waals surface area contributed by atoms with E-state index < -0.39 is 29.2 Å². The van der Waals surface area contributed by atoms with E-state index in [-0.39, 0.29) is 35.1 Å². The summed E-state index contributed by atoms with van der Waals surface area (Å²) in [6.45, 7) is 5.38. The van der Waals surface area contributed by atoms with E-state index in [2.05, 4.69) is 5.32 Å². The highest BCUT2D eigenvalue weighted by molar-refractivity contribution is 5.81. The van der Waals surface area contributed by atoms with Crippen LogP contribution in [0.5, 0.6) is 0 Å².